The van der Waals surface area contributed by atoms with Crippen molar-refractivity contribution in [1.29, 1.82) is 0 Å². The van der Waals surface area contributed by atoms with Crippen molar-refractivity contribution in [2.75, 3.05) is 13.6 Å². The van der Waals surface area contributed by atoms with Gasteiger partial charge in [0.15, 0.2) is 0 Å². The maximum Gasteiger partial charge on any atom is 0.236 e. The molecule has 4 nitrogen and oxygen atoms in total. The third kappa shape index (κ3) is 3.31. The van der Waals surface area contributed by atoms with Crippen molar-refractivity contribution in [1.82, 2.24) is 15.2 Å². The molecule has 1 saturated carbocycles. The van der Waals surface area contributed by atoms with Gasteiger partial charge in [-0.05, 0) is 25.0 Å². The Kier molecular flexibility index (Phi) is 3.51. The van der Waals surface area contributed by atoms with E-state index >= 15 is 0 Å². The molecule has 0 aromatic carbocycles. The Morgan fingerprint density at radius 1 is 1.56 bits per heavy atom. The fourth-order valence-electron chi connectivity index (χ4n) is 1.48. The molecule has 16 heavy (non-hydrogen) atoms. The van der Waals surface area contributed by atoms with Gasteiger partial charge in [0.25, 0.3) is 0 Å². The van der Waals surface area contributed by atoms with E-state index in [2.05, 4.69) is 10.3 Å². The molecule has 0 aliphatic heterocycles. The zero-order valence-electron chi connectivity index (χ0n) is 9.52. The maximum atomic E-state index is 11.7. The molecule has 0 saturated heterocycles. The monoisotopic (exact) mass is 219 g/mol. The van der Waals surface area contributed by atoms with Gasteiger partial charge in [0, 0.05) is 19.3 Å². The Balaban J connectivity index is 1.77. The van der Waals surface area contributed by atoms with E-state index in [1.165, 1.54) is 12.8 Å². The number of carbonyl (C=O) groups excluding carboxylic acids is 1. The molecule has 0 radical (unpaired) electrons. The number of nitrogens with one attached hydrogen (secondary N) is 1. The highest BCUT2D eigenvalue weighted by Gasteiger charge is 2.21. The van der Waals surface area contributed by atoms with Crippen LogP contribution >= 0.6 is 0 Å². The first-order valence-corrected chi connectivity index (χ1v) is 5.63. The summed E-state index contributed by atoms with van der Waals surface area (Å²) in [6.07, 6.45) is 4.16. The van der Waals surface area contributed by atoms with Gasteiger partial charge in [-0.15, -0.1) is 0 Å². The summed E-state index contributed by atoms with van der Waals surface area (Å²) in [6.45, 7) is 1.01. The van der Waals surface area contributed by atoms with Crippen molar-refractivity contribution in [3.05, 3.63) is 30.1 Å². The molecule has 0 bridgehead atoms. The van der Waals surface area contributed by atoms with Gasteiger partial charge in [0.2, 0.25) is 5.91 Å². The first-order chi connectivity index (χ1) is 7.75. The lowest BCUT2D eigenvalue weighted by atomic mass is 10.3. The van der Waals surface area contributed by atoms with Gasteiger partial charge < -0.3 is 10.2 Å². The van der Waals surface area contributed by atoms with E-state index in [9.17, 15) is 4.79 Å². The summed E-state index contributed by atoms with van der Waals surface area (Å²) in [7, 11) is 1.81. The topological polar surface area (TPSA) is 45.2 Å². The molecule has 1 N–H and O–H groups in total. The van der Waals surface area contributed by atoms with Gasteiger partial charge >= 0.3 is 0 Å². The number of carbonyl (C=O) groups is 1. The van der Waals surface area contributed by atoms with Crippen LogP contribution in [0.25, 0.3) is 0 Å². The second-order valence-electron chi connectivity index (χ2n) is 4.23. The highest BCUT2D eigenvalue weighted by atomic mass is 16.2. The Bertz CT molecular complexity index is 349. The molecule has 86 valence electrons. The van der Waals surface area contributed by atoms with E-state index < -0.39 is 0 Å². The van der Waals surface area contributed by atoms with Gasteiger partial charge in [-0.2, -0.15) is 0 Å². The van der Waals surface area contributed by atoms with E-state index in [-0.39, 0.29) is 5.91 Å². The van der Waals surface area contributed by atoms with E-state index in [0.29, 0.717) is 19.1 Å². The summed E-state index contributed by atoms with van der Waals surface area (Å²) in [5, 5.41) is 3.21. The summed E-state index contributed by atoms with van der Waals surface area (Å²) in [5.41, 5.74) is 0.921. The fourth-order valence-corrected chi connectivity index (χ4v) is 1.48. The van der Waals surface area contributed by atoms with Gasteiger partial charge in [0.05, 0.1) is 18.8 Å². The van der Waals surface area contributed by atoms with Crippen molar-refractivity contribution < 1.29 is 4.79 Å². The van der Waals surface area contributed by atoms with Crippen molar-refractivity contribution in [2.24, 2.45) is 0 Å². The zero-order valence-corrected chi connectivity index (χ0v) is 9.52. The molecule has 4 heteroatoms. The van der Waals surface area contributed by atoms with E-state index in [1.54, 1.807) is 11.1 Å². The number of likely N-dealkylation sites (N-methyl/N-ethyl adjacent to an activating group) is 1. The van der Waals surface area contributed by atoms with Crippen LogP contribution in [0.15, 0.2) is 24.4 Å². The molecular formula is C12H17N3O. The van der Waals surface area contributed by atoms with Crippen LogP contribution in [0.5, 0.6) is 0 Å². The Labute approximate surface area is 95.7 Å². The highest BCUT2D eigenvalue weighted by molar-refractivity contribution is 5.77. The minimum Gasteiger partial charge on any atom is -0.339 e. The predicted octanol–water partition coefficient (Wildman–Crippen LogP) is 0.792. The van der Waals surface area contributed by atoms with E-state index in [1.807, 2.05) is 25.2 Å². The number of hydrogen-bond donors (Lipinski definition) is 1. The lowest BCUT2D eigenvalue weighted by Gasteiger charge is -2.16. The third-order valence-electron chi connectivity index (χ3n) is 2.67. The second kappa shape index (κ2) is 5.07. The minimum absolute atomic E-state index is 0.123. The maximum absolute atomic E-state index is 11.7. The molecular weight excluding hydrogens is 202 g/mol. The molecule has 0 atom stereocenters. The van der Waals surface area contributed by atoms with Gasteiger partial charge in [-0.1, -0.05) is 6.07 Å². The van der Waals surface area contributed by atoms with Crippen molar-refractivity contribution in [2.45, 2.75) is 25.4 Å². The first kappa shape index (κ1) is 11.1. The molecule has 0 unspecified atom stereocenters. The molecule has 0 spiro atoms. The average molecular weight is 219 g/mol. The van der Waals surface area contributed by atoms with Crippen LogP contribution in [-0.2, 0) is 11.3 Å². The van der Waals surface area contributed by atoms with Crippen molar-refractivity contribution >= 4 is 5.91 Å². The normalized spacial score (nSPS) is 14.8. The van der Waals surface area contributed by atoms with Crippen LogP contribution in [0.3, 0.4) is 0 Å². The molecule has 1 aromatic rings. The number of amides is 1. The van der Waals surface area contributed by atoms with Gasteiger partial charge in [-0.3, -0.25) is 9.78 Å². The summed E-state index contributed by atoms with van der Waals surface area (Å²) < 4.78 is 0. The van der Waals surface area contributed by atoms with Crippen LogP contribution in [0.2, 0.25) is 0 Å². The van der Waals surface area contributed by atoms with E-state index in [4.69, 9.17) is 0 Å². The molecule has 2 rings (SSSR count). The smallest absolute Gasteiger partial charge is 0.236 e. The average Bonchev–Trinajstić information content (AvgIpc) is 3.11. The van der Waals surface area contributed by atoms with Gasteiger partial charge in [-0.25, -0.2) is 0 Å². The zero-order chi connectivity index (χ0) is 11.4. The summed E-state index contributed by atoms with van der Waals surface area (Å²) in [5.74, 6) is 0.123. The quantitative estimate of drug-likeness (QED) is 0.796. The first-order valence-electron chi connectivity index (χ1n) is 5.63. The SMILES string of the molecule is CN(Cc1ccccn1)C(=O)CNC1CC1. The molecule has 1 heterocycles. The molecule has 1 aromatic heterocycles. The molecule has 1 aliphatic rings. The Morgan fingerprint density at radius 3 is 3.00 bits per heavy atom. The lowest BCUT2D eigenvalue weighted by Crippen LogP contribution is -2.36. The molecule has 1 aliphatic carbocycles. The van der Waals surface area contributed by atoms with Crippen molar-refractivity contribution in [3.8, 4) is 0 Å². The van der Waals surface area contributed by atoms with Crippen LogP contribution < -0.4 is 5.32 Å². The fraction of sp³-hybridized carbons (Fsp3) is 0.500. The minimum atomic E-state index is 0.123. The highest BCUT2D eigenvalue weighted by Crippen LogP contribution is 2.18. The second-order valence-corrected chi connectivity index (χ2v) is 4.23. The van der Waals surface area contributed by atoms with Gasteiger partial charge in [0.1, 0.15) is 0 Å². The number of aromatic nitrogens is 1. The van der Waals surface area contributed by atoms with Crippen LogP contribution in [0, 0.1) is 0 Å². The number of hydrogen-bond acceptors (Lipinski definition) is 3. The van der Waals surface area contributed by atoms with Crippen LogP contribution in [-0.4, -0.2) is 35.4 Å². The van der Waals surface area contributed by atoms with Crippen LogP contribution in [0.4, 0.5) is 0 Å². The van der Waals surface area contributed by atoms with Crippen LogP contribution in [0.1, 0.15) is 18.5 Å². The number of rotatable bonds is 5. The standard InChI is InChI=1S/C12H17N3O/c1-15(9-11-4-2-3-7-13-11)12(16)8-14-10-5-6-10/h2-4,7,10,14H,5-6,8-9H2,1H3. The number of pyridine rings is 1. The predicted molar refractivity (Wildman–Crippen MR) is 61.7 cm³/mol. The largest absolute Gasteiger partial charge is 0.339 e. The summed E-state index contributed by atoms with van der Waals surface area (Å²) in [4.78, 5) is 17.6. The summed E-state index contributed by atoms with van der Waals surface area (Å²) >= 11 is 0. The molecule has 1 fully saturated rings. The number of nitrogens with zero attached hydrogens (tertiary/aromatic N) is 2. The Hall–Kier alpha value is -1.42. The summed E-state index contributed by atoms with van der Waals surface area (Å²) in [6, 6.07) is 6.31. The molecule has 1 amide bonds. The lowest BCUT2D eigenvalue weighted by molar-refractivity contribution is -0.129. The van der Waals surface area contributed by atoms with E-state index in [0.717, 1.165) is 5.69 Å². The Morgan fingerprint density at radius 2 is 2.38 bits per heavy atom. The van der Waals surface area contributed by atoms with Crippen molar-refractivity contribution in [3.63, 3.8) is 0 Å². The third-order valence-corrected chi connectivity index (χ3v) is 2.67.